The van der Waals surface area contributed by atoms with E-state index in [2.05, 4.69) is 34.2 Å². The molecule has 0 saturated heterocycles. The molecule has 0 aliphatic heterocycles. The van der Waals surface area contributed by atoms with Crippen LogP contribution in [0.15, 0.2) is 65.1 Å². The van der Waals surface area contributed by atoms with Gasteiger partial charge in [-0.25, -0.2) is 0 Å². The number of benzene rings is 3. The van der Waals surface area contributed by atoms with Crippen molar-refractivity contribution in [1.82, 2.24) is 5.32 Å². The van der Waals surface area contributed by atoms with Crippen LogP contribution in [0, 0.1) is 0 Å². The average Bonchev–Trinajstić information content (AvgIpc) is 2.78. The van der Waals surface area contributed by atoms with Crippen molar-refractivity contribution in [3.05, 3.63) is 76.3 Å². The maximum absolute atomic E-state index is 12.3. The number of phenolic OH excluding ortho intramolecular Hbond substituents is 1. The fourth-order valence-corrected chi connectivity index (χ4v) is 3.91. The molecule has 0 radical (unpaired) electrons. The summed E-state index contributed by atoms with van der Waals surface area (Å²) in [5.41, 5.74) is 1.96. The summed E-state index contributed by atoms with van der Waals surface area (Å²) in [6.07, 6.45) is 7.38. The highest BCUT2D eigenvalue weighted by Gasteiger charge is 2.10. The Hall–Kier alpha value is -2.79. The van der Waals surface area contributed by atoms with Gasteiger partial charge in [0.1, 0.15) is 11.5 Å². The molecule has 0 bridgehead atoms. The van der Waals surface area contributed by atoms with Gasteiger partial charge in [0.2, 0.25) is 5.91 Å². The van der Waals surface area contributed by atoms with Crippen LogP contribution in [0.2, 0.25) is 0 Å². The fourth-order valence-electron chi connectivity index (χ4n) is 3.32. The van der Waals surface area contributed by atoms with Gasteiger partial charge in [-0.3, -0.25) is 4.79 Å². The highest BCUT2D eigenvalue weighted by atomic mass is 79.9. The lowest BCUT2D eigenvalue weighted by Crippen LogP contribution is -2.23. The monoisotopic (exact) mass is 481 g/mol. The van der Waals surface area contributed by atoms with Gasteiger partial charge in [-0.1, -0.05) is 56.2 Å². The zero-order valence-corrected chi connectivity index (χ0v) is 19.3. The molecule has 0 aliphatic carbocycles. The molecule has 0 aromatic heterocycles. The van der Waals surface area contributed by atoms with Crippen LogP contribution in [0.25, 0.3) is 16.8 Å². The number of carbonyl (C=O) groups excluding carboxylic acids is 1. The molecule has 31 heavy (non-hydrogen) atoms. The summed E-state index contributed by atoms with van der Waals surface area (Å²) in [6, 6.07) is 17.1. The first kappa shape index (κ1) is 22.9. The van der Waals surface area contributed by atoms with E-state index in [1.54, 1.807) is 18.2 Å². The highest BCUT2D eigenvalue weighted by molar-refractivity contribution is 9.10. The number of ether oxygens (including phenoxy) is 1. The van der Waals surface area contributed by atoms with Crippen LogP contribution in [0.1, 0.15) is 37.3 Å². The van der Waals surface area contributed by atoms with Gasteiger partial charge in [0.15, 0.2) is 0 Å². The number of halogens is 1. The van der Waals surface area contributed by atoms with Gasteiger partial charge in [0, 0.05) is 27.9 Å². The molecule has 0 fully saturated rings. The Balaban J connectivity index is 1.67. The molecule has 1 amide bonds. The second kappa shape index (κ2) is 11.6. The molecule has 0 spiro atoms. The lowest BCUT2D eigenvalue weighted by atomic mass is 10.1. The van der Waals surface area contributed by atoms with Crippen LogP contribution in [0.5, 0.6) is 11.5 Å². The second-order valence-corrected chi connectivity index (χ2v) is 8.21. The van der Waals surface area contributed by atoms with Gasteiger partial charge in [-0.2, -0.15) is 0 Å². The minimum absolute atomic E-state index is 0.149. The molecule has 3 aromatic carbocycles. The summed E-state index contributed by atoms with van der Waals surface area (Å²) in [5, 5.41) is 14.4. The van der Waals surface area contributed by atoms with Crippen LogP contribution in [-0.2, 0) is 11.2 Å². The number of phenols is 1. The molecule has 0 aliphatic rings. The molecule has 162 valence electrons. The van der Waals surface area contributed by atoms with Gasteiger partial charge in [0.25, 0.3) is 0 Å². The molecule has 0 unspecified atom stereocenters. The van der Waals surface area contributed by atoms with E-state index in [0.29, 0.717) is 19.6 Å². The first-order valence-electron chi connectivity index (χ1n) is 10.7. The number of amides is 1. The summed E-state index contributed by atoms with van der Waals surface area (Å²) >= 11 is 3.69. The molecule has 3 aromatic rings. The van der Waals surface area contributed by atoms with E-state index in [0.717, 1.165) is 51.4 Å². The molecular weight excluding hydrogens is 454 g/mol. The molecule has 3 rings (SSSR count). The van der Waals surface area contributed by atoms with Gasteiger partial charge in [-0.05, 0) is 64.2 Å². The SMILES string of the molecule is CCCCCOc1cc(/C=C/C(=O)NCCc2ccc(O)cc2)c(Br)c2ccccc12. The normalized spacial score (nSPS) is 11.2. The summed E-state index contributed by atoms with van der Waals surface area (Å²) in [6.45, 7) is 3.38. The van der Waals surface area contributed by atoms with Crippen molar-refractivity contribution in [2.75, 3.05) is 13.2 Å². The minimum Gasteiger partial charge on any atom is -0.508 e. The van der Waals surface area contributed by atoms with E-state index in [1.807, 2.05) is 42.5 Å². The van der Waals surface area contributed by atoms with Crippen molar-refractivity contribution in [2.24, 2.45) is 0 Å². The Kier molecular flexibility index (Phi) is 8.53. The van der Waals surface area contributed by atoms with Crippen molar-refractivity contribution in [3.63, 3.8) is 0 Å². The second-order valence-electron chi connectivity index (χ2n) is 7.42. The van der Waals surface area contributed by atoms with E-state index in [1.165, 1.54) is 0 Å². The Labute approximate surface area is 192 Å². The third kappa shape index (κ3) is 6.59. The number of hydrogen-bond donors (Lipinski definition) is 2. The molecule has 4 nitrogen and oxygen atoms in total. The van der Waals surface area contributed by atoms with Crippen LogP contribution in [-0.4, -0.2) is 24.2 Å². The van der Waals surface area contributed by atoms with Crippen molar-refractivity contribution in [1.29, 1.82) is 0 Å². The lowest BCUT2D eigenvalue weighted by molar-refractivity contribution is -0.116. The lowest BCUT2D eigenvalue weighted by Gasteiger charge is -2.13. The van der Waals surface area contributed by atoms with E-state index in [9.17, 15) is 9.90 Å². The van der Waals surface area contributed by atoms with Gasteiger partial charge >= 0.3 is 0 Å². The van der Waals surface area contributed by atoms with E-state index < -0.39 is 0 Å². The molecule has 0 heterocycles. The zero-order chi connectivity index (χ0) is 22.1. The number of fused-ring (bicyclic) bond motifs is 1. The van der Waals surface area contributed by atoms with Crippen molar-refractivity contribution < 1.29 is 14.6 Å². The van der Waals surface area contributed by atoms with Crippen molar-refractivity contribution >= 4 is 38.7 Å². The standard InChI is InChI=1S/C26H28BrNO3/c1-2-3-6-17-31-24-18-20(26(27)23-8-5-4-7-22(23)24)11-14-25(30)28-16-15-19-9-12-21(29)13-10-19/h4-5,7-14,18,29H,2-3,6,15-17H2,1H3,(H,28,30)/b14-11+. The third-order valence-electron chi connectivity index (χ3n) is 5.04. The largest absolute Gasteiger partial charge is 0.508 e. The Morgan fingerprint density at radius 1 is 1.10 bits per heavy atom. The summed E-state index contributed by atoms with van der Waals surface area (Å²) in [7, 11) is 0. The zero-order valence-electron chi connectivity index (χ0n) is 17.7. The fraction of sp³-hybridized carbons (Fsp3) is 0.269. The first-order valence-corrected chi connectivity index (χ1v) is 11.5. The summed E-state index contributed by atoms with van der Waals surface area (Å²) in [4.78, 5) is 12.3. The Morgan fingerprint density at radius 3 is 2.58 bits per heavy atom. The Morgan fingerprint density at radius 2 is 1.84 bits per heavy atom. The number of aromatic hydroxyl groups is 1. The van der Waals surface area contributed by atoms with Crippen LogP contribution in [0.4, 0.5) is 0 Å². The molecule has 0 saturated carbocycles. The summed E-state index contributed by atoms with van der Waals surface area (Å²) < 4.78 is 7.01. The smallest absolute Gasteiger partial charge is 0.244 e. The summed E-state index contributed by atoms with van der Waals surface area (Å²) in [5.74, 6) is 0.928. The number of hydrogen-bond acceptors (Lipinski definition) is 3. The van der Waals surface area contributed by atoms with Gasteiger partial charge < -0.3 is 15.2 Å². The maximum atomic E-state index is 12.3. The predicted octanol–water partition coefficient (Wildman–Crippen LogP) is 6.25. The topological polar surface area (TPSA) is 58.6 Å². The third-order valence-corrected chi connectivity index (χ3v) is 5.92. The maximum Gasteiger partial charge on any atom is 0.244 e. The highest BCUT2D eigenvalue weighted by Crippen LogP contribution is 2.35. The van der Waals surface area contributed by atoms with E-state index in [-0.39, 0.29) is 11.7 Å². The predicted molar refractivity (Wildman–Crippen MR) is 131 cm³/mol. The van der Waals surface area contributed by atoms with E-state index in [4.69, 9.17) is 4.74 Å². The number of carbonyl (C=O) groups is 1. The average molecular weight is 482 g/mol. The number of rotatable bonds is 10. The number of nitrogens with one attached hydrogen (secondary N) is 1. The van der Waals surface area contributed by atoms with E-state index >= 15 is 0 Å². The van der Waals surface area contributed by atoms with Crippen LogP contribution < -0.4 is 10.1 Å². The van der Waals surface area contributed by atoms with Gasteiger partial charge in [-0.15, -0.1) is 0 Å². The minimum atomic E-state index is -0.149. The first-order chi connectivity index (χ1) is 15.1. The quantitative estimate of drug-likeness (QED) is 0.265. The van der Waals surface area contributed by atoms with Crippen molar-refractivity contribution in [3.8, 4) is 11.5 Å². The van der Waals surface area contributed by atoms with Crippen LogP contribution >= 0.6 is 15.9 Å². The van der Waals surface area contributed by atoms with Crippen LogP contribution in [0.3, 0.4) is 0 Å². The molecule has 5 heteroatoms. The molecule has 2 N–H and O–H groups in total. The van der Waals surface area contributed by atoms with Gasteiger partial charge in [0.05, 0.1) is 6.61 Å². The number of unbranched alkanes of at least 4 members (excludes halogenated alkanes) is 2. The molecular formula is C26H28BrNO3. The Bertz CT molecular complexity index is 1040. The van der Waals surface area contributed by atoms with Crippen molar-refractivity contribution in [2.45, 2.75) is 32.6 Å². The molecule has 0 atom stereocenters.